The zero-order chi connectivity index (χ0) is 41.5. The summed E-state index contributed by atoms with van der Waals surface area (Å²) in [6, 6.07) is 17.0. The topological polar surface area (TPSA) is 136 Å². The first-order valence-electron chi connectivity index (χ1n) is 19.6. The van der Waals surface area contributed by atoms with E-state index >= 15 is 0 Å². The van der Waals surface area contributed by atoms with Gasteiger partial charge in [-0.05, 0) is 78.6 Å². The van der Waals surface area contributed by atoms with E-state index in [0.717, 1.165) is 33.4 Å². The molecule has 8 rings (SSSR count). The minimum atomic E-state index is -1.16. The summed E-state index contributed by atoms with van der Waals surface area (Å²) in [6.07, 6.45) is 2.04. The van der Waals surface area contributed by atoms with E-state index in [1.807, 2.05) is 74.8 Å². The Hall–Kier alpha value is -4.98. The highest BCUT2D eigenvalue weighted by atomic mass is 79.9. The summed E-state index contributed by atoms with van der Waals surface area (Å²) in [4.78, 5) is 25.5. The normalized spacial score (nSPS) is 23.1. The molecule has 0 N–H and O–H groups in total. The van der Waals surface area contributed by atoms with E-state index in [1.165, 1.54) is 0 Å². The van der Waals surface area contributed by atoms with Crippen molar-refractivity contribution < 1.29 is 57.2 Å². The molecule has 0 radical (unpaired) electrons. The van der Waals surface area contributed by atoms with Gasteiger partial charge in [0, 0.05) is 36.6 Å². The number of aliphatic carboxylic acids is 2. The van der Waals surface area contributed by atoms with Gasteiger partial charge in [-0.2, -0.15) is 0 Å². The molecule has 4 aliphatic heterocycles. The first-order chi connectivity index (χ1) is 27.8. The minimum absolute atomic E-state index is 0.111. The largest absolute Gasteiger partial charge is 0.544 e. The Morgan fingerprint density at radius 2 is 1.31 bits per heavy atom. The third-order valence-electron chi connectivity index (χ3n) is 13.0. The van der Waals surface area contributed by atoms with E-state index in [2.05, 4.69) is 15.9 Å². The van der Waals surface area contributed by atoms with Gasteiger partial charge < -0.3 is 57.2 Å². The number of carboxylic acids is 2. The predicted molar refractivity (Wildman–Crippen MR) is 216 cm³/mol. The number of nitrogens with zero attached hydrogens (tertiary/aromatic N) is 2. The Balaban J connectivity index is 1.55. The van der Waals surface area contributed by atoms with Gasteiger partial charge in [0.2, 0.25) is 5.75 Å². The highest BCUT2D eigenvalue weighted by Gasteiger charge is 2.48. The molecule has 0 spiro atoms. The van der Waals surface area contributed by atoms with Crippen LogP contribution in [0, 0.1) is 0 Å². The van der Waals surface area contributed by atoms with Crippen LogP contribution in [0.3, 0.4) is 0 Å². The zero-order valence-corrected chi connectivity index (χ0v) is 35.7. The van der Waals surface area contributed by atoms with Crippen LogP contribution >= 0.6 is 15.9 Å². The van der Waals surface area contributed by atoms with Gasteiger partial charge in [-0.25, -0.2) is 0 Å². The Morgan fingerprint density at radius 3 is 1.93 bits per heavy atom. The molecule has 4 aliphatic rings. The SMILES string of the molecule is COc1ccc2cc1Oc1ccc(cc1)CC1c3cc(c(OC)cc3CC[N+]1(C)C(C)C(=O)[O-])Oc1c(OCCBr)c(OC)cc3c1C(C2)[N+](C)(C(C)C(=O)[O-])CC3. The van der Waals surface area contributed by atoms with Gasteiger partial charge in [0.15, 0.2) is 34.5 Å². The number of methoxy groups -OCH3 is 3. The van der Waals surface area contributed by atoms with Gasteiger partial charge in [-0.15, -0.1) is 0 Å². The minimum Gasteiger partial charge on any atom is -0.544 e. The van der Waals surface area contributed by atoms with Crippen LogP contribution in [0.25, 0.3) is 0 Å². The molecule has 0 amide bonds. The molecule has 6 atom stereocenters. The monoisotopic (exact) mass is 858 g/mol. The average molecular weight is 860 g/mol. The number of fused-ring (bicyclic) bond motifs is 2. The quantitative estimate of drug-likeness (QED) is 0.154. The summed E-state index contributed by atoms with van der Waals surface area (Å²) in [5.74, 6) is 1.50. The predicted octanol–water partition coefficient (Wildman–Crippen LogP) is 5.23. The number of rotatable bonds is 10. The second-order valence-electron chi connectivity index (χ2n) is 16.0. The van der Waals surface area contributed by atoms with Crippen molar-refractivity contribution in [1.82, 2.24) is 0 Å². The van der Waals surface area contributed by atoms with Gasteiger partial charge in [0.05, 0.1) is 72.6 Å². The molecule has 0 saturated carbocycles. The second kappa shape index (κ2) is 16.3. The summed E-state index contributed by atoms with van der Waals surface area (Å²) >= 11 is 3.51. The molecule has 58 heavy (non-hydrogen) atoms. The van der Waals surface area contributed by atoms with Crippen LogP contribution < -0.4 is 38.6 Å². The number of halogens is 1. The van der Waals surface area contributed by atoms with Crippen LogP contribution in [-0.4, -0.2) is 93.4 Å². The highest BCUT2D eigenvalue weighted by molar-refractivity contribution is 9.09. The maximum absolute atomic E-state index is 12.8. The van der Waals surface area contributed by atoms with E-state index in [9.17, 15) is 19.8 Å². The number of hydrogen-bond donors (Lipinski definition) is 0. The number of likely N-dealkylation sites (N-methyl/N-ethyl adjacent to an activating group) is 2. The lowest BCUT2D eigenvalue weighted by molar-refractivity contribution is -0.956. The standard InChI is InChI=1S/C45H51BrN2O10/c1-26(44(49)50)47(3)17-14-30-23-37(54-6)39-25-33(30)34(47)20-28-8-11-32(12-9-28)57-38-22-29(10-13-36(38)53-5)21-35-41-31(15-18-48(35,4)27(2)45(51)52)24-40(55-7)42(43(41)58-39)56-19-16-46/h8-13,22-27,34-35H,14-21H2,1-7H3. The first kappa shape index (κ1) is 41.2. The van der Waals surface area contributed by atoms with Crippen LogP contribution in [0.1, 0.15) is 59.3 Å². The molecular formula is C45H51BrN2O10. The molecule has 6 unspecified atom stereocenters. The molecule has 4 aromatic rings. The zero-order valence-electron chi connectivity index (χ0n) is 34.1. The number of alkyl halides is 1. The average Bonchev–Trinajstić information content (AvgIpc) is 3.21. The van der Waals surface area contributed by atoms with Crippen LogP contribution in [0.5, 0.6) is 46.0 Å². The fourth-order valence-corrected chi connectivity index (χ4v) is 9.32. The van der Waals surface area contributed by atoms with Crippen molar-refractivity contribution in [2.24, 2.45) is 0 Å². The molecule has 0 saturated heterocycles. The summed E-state index contributed by atoms with van der Waals surface area (Å²) in [5.41, 5.74) is 5.56. The van der Waals surface area contributed by atoms with E-state index in [4.69, 9.17) is 28.4 Å². The summed E-state index contributed by atoms with van der Waals surface area (Å²) in [5, 5.41) is 26.0. The molecule has 308 valence electrons. The van der Waals surface area contributed by atoms with Gasteiger partial charge >= 0.3 is 0 Å². The van der Waals surface area contributed by atoms with Crippen molar-refractivity contribution in [3.8, 4) is 46.0 Å². The molecule has 0 aromatic heterocycles. The third-order valence-corrected chi connectivity index (χ3v) is 13.4. The fraction of sp³-hybridized carbons (Fsp3) is 0.422. The van der Waals surface area contributed by atoms with E-state index in [0.29, 0.717) is 90.1 Å². The maximum atomic E-state index is 12.8. The molecule has 0 fully saturated rings. The Bertz CT molecular complexity index is 2210. The molecular weight excluding hydrogens is 808 g/mol. The smallest absolute Gasteiger partial charge is 0.204 e. The van der Waals surface area contributed by atoms with Crippen molar-refractivity contribution in [2.75, 3.05) is 60.5 Å². The highest BCUT2D eigenvalue weighted by Crippen LogP contribution is 2.54. The van der Waals surface area contributed by atoms with Crippen molar-refractivity contribution in [1.29, 1.82) is 0 Å². The van der Waals surface area contributed by atoms with Gasteiger partial charge in [0.1, 0.15) is 29.9 Å². The summed E-state index contributed by atoms with van der Waals surface area (Å²) < 4.78 is 38.2. The lowest BCUT2D eigenvalue weighted by atomic mass is 9.84. The number of carbonyl (C=O) groups excluding carboxylic acids is 2. The first-order valence-corrected chi connectivity index (χ1v) is 20.7. The summed E-state index contributed by atoms with van der Waals surface area (Å²) in [6.45, 7) is 4.76. The number of carbonyl (C=O) groups is 2. The van der Waals surface area contributed by atoms with E-state index < -0.39 is 30.1 Å². The molecule has 0 aliphatic carbocycles. The van der Waals surface area contributed by atoms with Crippen LogP contribution in [0.4, 0.5) is 0 Å². The van der Waals surface area contributed by atoms with Crippen molar-refractivity contribution >= 4 is 27.9 Å². The van der Waals surface area contributed by atoms with Crippen LogP contribution in [0.2, 0.25) is 0 Å². The number of quaternary nitrogens is 2. The Kier molecular flexibility index (Phi) is 11.6. The molecule has 6 bridgehead atoms. The maximum Gasteiger partial charge on any atom is 0.204 e. The second-order valence-corrected chi connectivity index (χ2v) is 16.7. The van der Waals surface area contributed by atoms with Crippen LogP contribution in [-0.2, 0) is 35.3 Å². The lowest BCUT2D eigenvalue weighted by Gasteiger charge is -2.50. The number of carboxylic acid groups (broad SMARTS) is 2. The van der Waals surface area contributed by atoms with Crippen molar-refractivity contribution in [3.63, 3.8) is 0 Å². The number of ether oxygens (including phenoxy) is 6. The lowest BCUT2D eigenvalue weighted by Crippen LogP contribution is -2.62. The van der Waals surface area contributed by atoms with E-state index in [-0.39, 0.29) is 21.6 Å². The molecule has 4 aromatic carbocycles. The van der Waals surface area contributed by atoms with Crippen LogP contribution in [0.15, 0.2) is 60.7 Å². The molecule has 4 heterocycles. The van der Waals surface area contributed by atoms with Crippen molar-refractivity contribution in [2.45, 2.75) is 63.7 Å². The fourth-order valence-electron chi connectivity index (χ4n) is 9.16. The third kappa shape index (κ3) is 7.32. The number of benzene rings is 4. The molecule has 12 nitrogen and oxygen atoms in total. The van der Waals surface area contributed by atoms with Gasteiger partial charge in [-0.3, -0.25) is 0 Å². The summed E-state index contributed by atoms with van der Waals surface area (Å²) in [7, 11) is 8.71. The van der Waals surface area contributed by atoms with Crippen molar-refractivity contribution in [3.05, 3.63) is 94.0 Å². The van der Waals surface area contributed by atoms with E-state index in [1.54, 1.807) is 35.2 Å². The number of hydrogen-bond acceptors (Lipinski definition) is 10. The van der Waals surface area contributed by atoms with Gasteiger partial charge in [-0.1, -0.05) is 34.1 Å². The molecule has 13 heteroatoms. The Morgan fingerprint density at radius 1 is 0.741 bits per heavy atom. The Labute approximate surface area is 348 Å². The van der Waals surface area contributed by atoms with Gasteiger partial charge in [0.25, 0.3) is 0 Å².